The molecule has 2 rings (SSSR count). The van der Waals surface area contributed by atoms with Crippen LogP contribution in [-0.2, 0) is 0 Å². The molecule has 0 atom stereocenters. The lowest BCUT2D eigenvalue weighted by Gasteiger charge is -2.28. The van der Waals surface area contributed by atoms with Crippen molar-refractivity contribution in [3.05, 3.63) is 12.7 Å². The minimum Gasteiger partial charge on any atom is -0.306 e. The highest BCUT2D eigenvalue weighted by molar-refractivity contribution is 4.83. The van der Waals surface area contributed by atoms with Crippen molar-refractivity contribution in [2.75, 3.05) is 60.4 Å². The molecule has 0 saturated carbocycles. The minimum atomic E-state index is 0.793. The molecule has 2 heterocycles. The van der Waals surface area contributed by atoms with Crippen LogP contribution in [0.2, 0.25) is 0 Å². The van der Waals surface area contributed by atoms with Crippen molar-refractivity contribution in [2.24, 2.45) is 5.92 Å². The van der Waals surface area contributed by atoms with Gasteiger partial charge in [-0.25, -0.2) is 0 Å². The van der Waals surface area contributed by atoms with Crippen LogP contribution in [0.15, 0.2) is 12.7 Å². The van der Waals surface area contributed by atoms with Gasteiger partial charge in [-0.3, -0.25) is 0 Å². The summed E-state index contributed by atoms with van der Waals surface area (Å²) in [5, 5.41) is 0. The molecule has 0 aromatic heterocycles. The second-order valence-electron chi connectivity index (χ2n) is 5.48. The highest BCUT2D eigenvalue weighted by Crippen LogP contribution is 2.15. The van der Waals surface area contributed by atoms with Gasteiger partial charge in [-0.1, -0.05) is 19.9 Å². The molecule has 0 aliphatic carbocycles. The molecule has 19 heavy (non-hydrogen) atoms. The maximum Gasteiger partial charge on any atom is 0.0107 e. The number of nitrogens with zero attached hydrogens (tertiary/aromatic N) is 3. The summed E-state index contributed by atoms with van der Waals surface area (Å²) in [7, 11) is 6.53. The summed E-state index contributed by atoms with van der Waals surface area (Å²) in [4.78, 5) is 7.10. The molecule has 0 amide bonds. The summed E-state index contributed by atoms with van der Waals surface area (Å²) in [6.07, 6.45) is 4.70. The van der Waals surface area contributed by atoms with E-state index in [2.05, 4.69) is 48.5 Å². The van der Waals surface area contributed by atoms with Crippen LogP contribution in [0.3, 0.4) is 0 Å². The summed E-state index contributed by atoms with van der Waals surface area (Å²) < 4.78 is 0. The monoisotopic (exact) mass is 269 g/mol. The number of hydrogen-bond acceptors (Lipinski definition) is 3. The number of rotatable bonds is 1. The van der Waals surface area contributed by atoms with E-state index in [1.54, 1.807) is 0 Å². The first kappa shape index (κ1) is 18.6. The van der Waals surface area contributed by atoms with E-state index in [4.69, 9.17) is 0 Å². The van der Waals surface area contributed by atoms with Crippen LogP contribution in [-0.4, -0.2) is 75.1 Å². The molecule has 0 spiro atoms. The van der Waals surface area contributed by atoms with Crippen molar-refractivity contribution in [1.82, 2.24) is 14.7 Å². The predicted octanol–water partition coefficient (Wildman–Crippen LogP) is 2.40. The SMILES string of the molecule is C=CC1CCN(C)CC1.CC.CN1CCN(C)CC1. The molecule has 2 aliphatic heterocycles. The fourth-order valence-corrected chi connectivity index (χ4v) is 2.17. The molecule has 0 unspecified atom stereocenters. The summed E-state index contributed by atoms with van der Waals surface area (Å²) in [5.41, 5.74) is 0. The Kier molecular flexibility index (Phi) is 11.2. The van der Waals surface area contributed by atoms with Gasteiger partial charge in [0.1, 0.15) is 0 Å². The predicted molar refractivity (Wildman–Crippen MR) is 86.8 cm³/mol. The molecule has 0 radical (unpaired) electrons. The normalized spacial score (nSPS) is 22.8. The molecule has 0 aromatic carbocycles. The Balaban J connectivity index is 0.000000303. The average molecular weight is 269 g/mol. The Hall–Kier alpha value is -0.380. The quantitative estimate of drug-likeness (QED) is 0.677. The van der Waals surface area contributed by atoms with Gasteiger partial charge in [0, 0.05) is 26.2 Å². The topological polar surface area (TPSA) is 9.72 Å². The van der Waals surface area contributed by atoms with Gasteiger partial charge in [-0.2, -0.15) is 0 Å². The number of hydrogen-bond donors (Lipinski definition) is 0. The molecule has 3 heteroatoms. The van der Waals surface area contributed by atoms with E-state index in [1.165, 1.54) is 52.1 Å². The smallest absolute Gasteiger partial charge is 0.0107 e. The van der Waals surface area contributed by atoms with Crippen LogP contribution >= 0.6 is 0 Å². The van der Waals surface area contributed by atoms with Crippen LogP contribution in [0.25, 0.3) is 0 Å². The number of piperazine rings is 1. The van der Waals surface area contributed by atoms with Crippen molar-refractivity contribution in [2.45, 2.75) is 26.7 Å². The minimum absolute atomic E-state index is 0.793. The Morgan fingerprint density at radius 1 is 0.737 bits per heavy atom. The van der Waals surface area contributed by atoms with E-state index in [0.29, 0.717) is 0 Å². The van der Waals surface area contributed by atoms with Crippen LogP contribution in [0, 0.1) is 5.92 Å². The van der Waals surface area contributed by atoms with Crippen molar-refractivity contribution in [3.8, 4) is 0 Å². The van der Waals surface area contributed by atoms with Crippen molar-refractivity contribution >= 4 is 0 Å². The second kappa shape index (κ2) is 11.4. The van der Waals surface area contributed by atoms with Gasteiger partial charge in [0.15, 0.2) is 0 Å². The van der Waals surface area contributed by atoms with Crippen LogP contribution in [0.5, 0.6) is 0 Å². The third-order valence-electron chi connectivity index (χ3n) is 3.82. The van der Waals surface area contributed by atoms with Gasteiger partial charge >= 0.3 is 0 Å². The maximum absolute atomic E-state index is 3.79. The number of piperidine rings is 1. The zero-order chi connectivity index (χ0) is 14.7. The zero-order valence-corrected chi connectivity index (χ0v) is 13.9. The number of allylic oxidation sites excluding steroid dienone is 1. The molecular weight excluding hydrogens is 234 g/mol. The van der Waals surface area contributed by atoms with E-state index < -0.39 is 0 Å². The number of likely N-dealkylation sites (N-methyl/N-ethyl adjacent to an activating group) is 2. The summed E-state index contributed by atoms with van der Waals surface area (Å²) in [6, 6.07) is 0. The molecule has 2 fully saturated rings. The van der Waals surface area contributed by atoms with Crippen LogP contribution in [0.4, 0.5) is 0 Å². The molecule has 0 aromatic rings. The zero-order valence-electron chi connectivity index (χ0n) is 13.9. The summed E-state index contributed by atoms with van der Waals surface area (Å²) in [5.74, 6) is 0.793. The van der Waals surface area contributed by atoms with Gasteiger partial charge in [0.2, 0.25) is 0 Å². The van der Waals surface area contributed by atoms with E-state index in [0.717, 1.165) is 5.92 Å². The molecule has 114 valence electrons. The number of likely N-dealkylation sites (tertiary alicyclic amines) is 1. The second-order valence-corrected chi connectivity index (χ2v) is 5.48. The molecule has 0 N–H and O–H groups in total. The third kappa shape index (κ3) is 9.20. The van der Waals surface area contributed by atoms with E-state index >= 15 is 0 Å². The molecule has 2 saturated heterocycles. The summed E-state index contributed by atoms with van der Waals surface area (Å²) in [6.45, 7) is 15.2. The van der Waals surface area contributed by atoms with Gasteiger partial charge < -0.3 is 14.7 Å². The van der Waals surface area contributed by atoms with Gasteiger partial charge in [0.05, 0.1) is 0 Å². The van der Waals surface area contributed by atoms with E-state index in [-0.39, 0.29) is 0 Å². The largest absolute Gasteiger partial charge is 0.306 e. The van der Waals surface area contributed by atoms with Crippen molar-refractivity contribution in [3.63, 3.8) is 0 Å². The Morgan fingerprint density at radius 2 is 1.05 bits per heavy atom. The molecule has 2 aliphatic rings. The van der Waals surface area contributed by atoms with E-state index in [1.807, 2.05) is 13.8 Å². The molecule has 0 bridgehead atoms. The lowest BCUT2D eigenvalue weighted by atomic mass is 9.98. The van der Waals surface area contributed by atoms with Crippen molar-refractivity contribution in [1.29, 1.82) is 0 Å². The molecule has 3 nitrogen and oxygen atoms in total. The van der Waals surface area contributed by atoms with E-state index in [9.17, 15) is 0 Å². The first-order valence-corrected chi connectivity index (χ1v) is 7.80. The van der Waals surface area contributed by atoms with Crippen LogP contribution < -0.4 is 0 Å². The molecular formula is C16H35N3. The third-order valence-corrected chi connectivity index (χ3v) is 3.82. The lowest BCUT2D eigenvalue weighted by molar-refractivity contribution is 0.181. The van der Waals surface area contributed by atoms with Gasteiger partial charge in [-0.15, -0.1) is 6.58 Å². The van der Waals surface area contributed by atoms with Gasteiger partial charge in [0.25, 0.3) is 0 Å². The lowest BCUT2D eigenvalue weighted by Crippen LogP contribution is -2.42. The standard InChI is InChI=1S/C8H15N.C6H14N2.C2H6/c1-3-8-4-6-9(2)7-5-8;1-7-3-5-8(2)6-4-7;1-2/h3,8H,1,4-7H2,2H3;3-6H2,1-2H3;1-2H3. The Morgan fingerprint density at radius 3 is 1.37 bits per heavy atom. The first-order valence-electron chi connectivity index (χ1n) is 7.80. The summed E-state index contributed by atoms with van der Waals surface area (Å²) >= 11 is 0. The highest BCUT2D eigenvalue weighted by Gasteiger charge is 2.12. The first-order chi connectivity index (χ1) is 9.11. The van der Waals surface area contributed by atoms with Crippen LogP contribution in [0.1, 0.15) is 26.7 Å². The fraction of sp³-hybridized carbons (Fsp3) is 0.875. The van der Waals surface area contributed by atoms with Gasteiger partial charge in [-0.05, 0) is 53.0 Å². The Bertz CT molecular complexity index is 192. The Labute approximate surface area is 121 Å². The highest BCUT2D eigenvalue weighted by atomic mass is 15.2. The fourth-order valence-electron chi connectivity index (χ4n) is 2.17. The maximum atomic E-state index is 3.79. The van der Waals surface area contributed by atoms with Crippen molar-refractivity contribution < 1.29 is 0 Å². The average Bonchev–Trinajstić information content (AvgIpc) is 2.46.